The highest BCUT2D eigenvalue weighted by atomic mass is 16.5. The van der Waals surface area contributed by atoms with Crippen LogP contribution in [0.1, 0.15) is 20.3 Å². The molecule has 0 unspecified atom stereocenters. The zero-order chi connectivity index (χ0) is 13.5. The number of ether oxygens (including phenoxy) is 1. The van der Waals surface area contributed by atoms with Crippen LogP contribution in [0, 0.1) is 0 Å². The van der Waals surface area contributed by atoms with E-state index in [9.17, 15) is 0 Å². The minimum absolute atomic E-state index is 0.115. The fraction of sp³-hybridized carbons (Fsp3) is 0.462. The second-order valence-corrected chi connectivity index (χ2v) is 4.47. The van der Waals surface area contributed by atoms with Gasteiger partial charge in [0.05, 0.1) is 12.4 Å². The Morgan fingerprint density at radius 2 is 2.26 bits per heavy atom. The van der Waals surface area contributed by atoms with E-state index in [1.807, 2.05) is 30.9 Å². The first kappa shape index (κ1) is 13.3. The van der Waals surface area contributed by atoms with E-state index in [4.69, 9.17) is 4.74 Å². The maximum absolute atomic E-state index is 5.52. The highest BCUT2D eigenvalue weighted by Gasteiger charge is 2.01. The van der Waals surface area contributed by atoms with Crippen molar-refractivity contribution in [2.45, 2.75) is 32.9 Å². The van der Waals surface area contributed by atoms with Gasteiger partial charge < -0.3 is 14.6 Å². The molecule has 6 nitrogen and oxygen atoms in total. The number of rotatable bonds is 7. The zero-order valence-electron chi connectivity index (χ0n) is 11.3. The second-order valence-electron chi connectivity index (χ2n) is 4.47. The minimum atomic E-state index is 0.115. The van der Waals surface area contributed by atoms with Crippen molar-refractivity contribution in [3.05, 3.63) is 31.0 Å². The summed E-state index contributed by atoms with van der Waals surface area (Å²) in [5, 5.41) is 3.18. The van der Waals surface area contributed by atoms with Gasteiger partial charge in [0.15, 0.2) is 0 Å². The average Bonchev–Trinajstić information content (AvgIpc) is 2.87. The minimum Gasteiger partial charge on any atom is -0.475 e. The molecule has 0 radical (unpaired) electrons. The van der Waals surface area contributed by atoms with E-state index in [0.29, 0.717) is 11.8 Å². The van der Waals surface area contributed by atoms with Crippen LogP contribution in [0.15, 0.2) is 31.0 Å². The molecular formula is C13H19N5O. The Balaban J connectivity index is 1.76. The van der Waals surface area contributed by atoms with Crippen LogP contribution in [0.2, 0.25) is 0 Å². The van der Waals surface area contributed by atoms with Gasteiger partial charge in [0.2, 0.25) is 11.8 Å². The van der Waals surface area contributed by atoms with Crippen LogP contribution in [0.25, 0.3) is 0 Å². The Kier molecular flexibility index (Phi) is 4.72. The third kappa shape index (κ3) is 4.57. The van der Waals surface area contributed by atoms with Gasteiger partial charge in [-0.1, -0.05) is 0 Å². The van der Waals surface area contributed by atoms with E-state index in [2.05, 4.69) is 20.3 Å². The summed E-state index contributed by atoms with van der Waals surface area (Å²) in [6.45, 7) is 5.68. The highest BCUT2D eigenvalue weighted by molar-refractivity contribution is 5.27. The molecule has 0 saturated heterocycles. The van der Waals surface area contributed by atoms with E-state index in [0.717, 1.165) is 19.5 Å². The maximum atomic E-state index is 5.52. The number of anilines is 1. The molecule has 19 heavy (non-hydrogen) atoms. The fourth-order valence-electron chi connectivity index (χ4n) is 1.62. The Morgan fingerprint density at radius 1 is 1.37 bits per heavy atom. The van der Waals surface area contributed by atoms with Crippen molar-refractivity contribution in [1.29, 1.82) is 0 Å². The lowest BCUT2D eigenvalue weighted by molar-refractivity contribution is 0.232. The maximum Gasteiger partial charge on any atom is 0.225 e. The third-order valence-electron chi connectivity index (χ3n) is 2.42. The lowest BCUT2D eigenvalue weighted by atomic mass is 10.4. The van der Waals surface area contributed by atoms with E-state index < -0.39 is 0 Å². The van der Waals surface area contributed by atoms with Gasteiger partial charge in [-0.3, -0.25) is 0 Å². The summed E-state index contributed by atoms with van der Waals surface area (Å²) >= 11 is 0. The van der Waals surface area contributed by atoms with Gasteiger partial charge in [-0.2, -0.15) is 4.98 Å². The van der Waals surface area contributed by atoms with Crippen molar-refractivity contribution in [3.63, 3.8) is 0 Å². The normalized spacial score (nSPS) is 10.7. The molecule has 0 aliphatic rings. The molecule has 2 aromatic heterocycles. The van der Waals surface area contributed by atoms with Crippen molar-refractivity contribution in [2.75, 3.05) is 11.9 Å². The fourth-order valence-corrected chi connectivity index (χ4v) is 1.62. The summed E-state index contributed by atoms with van der Waals surface area (Å²) < 4.78 is 7.56. The van der Waals surface area contributed by atoms with Crippen LogP contribution in [-0.2, 0) is 6.54 Å². The third-order valence-corrected chi connectivity index (χ3v) is 2.42. The van der Waals surface area contributed by atoms with E-state index in [1.54, 1.807) is 18.5 Å². The molecule has 1 N–H and O–H groups in total. The van der Waals surface area contributed by atoms with E-state index in [1.165, 1.54) is 0 Å². The van der Waals surface area contributed by atoms with E-state index >= 15 is 0 Å². The van der Waals surface area contributed by atoms with Gasteiger partial charge in [-0.05, 0) is 20.3 Å². The number of aryl methyl sites for hydroxylation is 1. The summed E-state index contributed by atoms with van der Waals surface area (Å²) in [5.41, 5.74) is 0. The number of aromatic nitrogens is 4. The molecule has 0 bridgehead atoms. The molecule has 0 saturated carbocycles. The number of nitrogens with zero attached hydrogens (tertiary/aromatic N) is 4. The van der Waals surface area contributed by atoms with Gasteiger partial charge in [0.25, 0.3) is 0 Å². The van der Waals surface area contributed by atoms with Crippen molar-refractivity contribution in [2.24, 2.45) is 0 Å². The Labute approximate surface area is 112 Å². The first-order chi connectivity index (χ1) is 9.24. The number of nitrogens with one attached hydrogen (secondary N) is 1. The molecule has 2 heterocycles. The smallest absolute Gasteiger partial charge is 0.225 e. The second kappa shape index (κ2) is 6.72. The summed E-state index contributed by atoms with van der Waals surface area (Å²) in [6, 6.07) is 1.76. The standard InChI is InChI=1S/C13H19N5O/c1-11(2)19-12-4-6-16-13(17-12)15-5-3-8-18-9-7-14-10-18/h4,6-7,9-11H,3,5,8H2,1-2H3,(H,15,16,17). The topological polar surface area (TPSA) is 64.9 Å². The van der Waals surface area contributed by atoms with Crippen LogP contribution in [0.3, 0.4) is 0 Å². The predicted octanol–water partition coefficient (Wildman–Crippen LogP) is 1.96. The largest absolute Gasteiger partial charge is 0.475 e. The molecule has 0 amide bonds. The first-order valence-electron chi connectivity index (χ1n) is 6.43. The highest BCUT2D eigenvalue weighted by Crippen LogP contribution is 2.10. The predicted molar refractivity (Wildman–Crippen MR) is 73.1 cm³/mol. The SMILES string of the molecule is CC(C)Oc1ccnc(NCCCn2ccnc2)n1. The van der Waals surface area contributed by atoms with Gasteiger partial charge in [-0.15, -0.1) is 0 Å². The average molecular weight is 261 g/mol. The molecule has 0 aliphatic heterocycles. The van der Waals surface area contributed by atoms with Gasteiger partial charge in [0.1, 0.15) is 0 Å². The Bertz CT molecular complexity index is 484. The molecule has 0 fully saturated rings. The van der Waals surface area contributed by atoms with Crippen LogP contribution in [0.5, 0.6) is 5.88 Å². The molecule has 2 rings (SSSR count). The summed E-state index contributed by atoms with van der Waals surface area (Å²) in [4.78, 5) is 12.4. The molecule has 102 valence electrons. The van der Waals surface area contributed by atoms with Crippen molar-refractivity contribution < 1.29 is 4.74 Å². The molecule has 6 heteroatoms. The summed E-state index contributed by atoms with van der Waals surface area (Å²) in [6.07, 6.45) is 8.34. The van der Waals surface area contributed by atoms with Crippen LogP contribution < -0.4 is 10.1 Å². The molecule has 2 aromatic rings. The summed E-state index contributed by atoms with van der Waals surface area (Å²) in [7, 11) is 0. The quantitative estimate of drug-likeness (QED) is 0.772. The van der Waals surface area contributed by atoms with Crippen LogP contribution in [0.4, 0.5) is 5.95 Å². The van der Waals surface area contributed by atoms with Gasteiger partial charge >= 0.3 is 0 Å². The van der Waals surface area contributed by atoms with Gasteiger partial charge in [0, 0.05) is 37.7 Å². The zero-order valence-corrected chi connectivity index (χ0v) is 11.3. The first-order valence-corrected chi connectivity index (χ1v) is 6.43. The van der Waals surface area contributed by atoms with Crippen LogP contribution in [-0.4, -0.2) is 32.2 Å². The monoisotopic (exact) mass is 261 g/mol. The molecule has 0 aliphatic carbocycles. The van der Waals surface area contributed by atoms with Crippen molar-refractivity contribution in [1.82, 2.24) is 19.5 Å². The lowest BCUT2D eigenvalue weighted by Gasteiger charge is -2.10. The molecule has 0 aromatic carbocycles. The van der Waals surface area contributed by atoms with Gasteiger partial charge in [-0.25, -0.2) is 9.97 Å². The molecular weight excluding hydrogens is 242 g/mol. The van der Waals surface area contributed by atoms with E-state index in [-0.39, 0.29) is 6.10 Å². The number of imidazole rings is 1. The van der Waals surface area contributed by atoms with Crippen molar-refractivity contribution >= 4 is 5.95 Å². The van der Waals surface area contributed by atoms with Crippen LogP contribution >= 0.6 is 0 Å². The Hall–Kier alpha value is -2.11. The van der Waals surface area contributed by atoms with Crippen molar-refractivity contribution in [3.8, 4) is 5.88 Å². The molecule has 0 spiro atoms. The lowest BCUT2D eigenvalue weighted by Crippen LogP contribution is -2.11. The Morgan fingerprint density at radius 3 is 3.00 bits per heavy atom. The number of hydrogen-bond acceptors (Lipinski definition) is 5. The molecule has 0 atom stereocenters. The number of hydrogen-bond donors (Lipinski definition) is 1. The summed E-state index contributed by atoms with van der Waals surface area (Å²) in [5.74, 6) is 1.20.